The lowest BCUT2D eigenvalue weighted by molar-refractivity contribution is 0.388. The lowest BCUT2D eigenvalue weighted by atomic mass is 9.85. The SMILES string of the molecule is Cn1nc(CC2CCCN2)nc1C1CCC1. The molecule has 1 unspecified atom stereocenters. The van der Waals surface area contributed by atoms with E-state index in [1.54, 1.807) is 0 Å². The van der Waals surface area contributed by atoms with Crippen LogP contribution in [0.1, 0.15) is 49.7 Å². The van der Waals surface area contributed by atoms with Crippen LogP contribution in [-0.4, -0.2) is 27.4 Å². The lowest BCUT2D eigenvalue weighted by Gasteiger charge is -2.23. The molecule has 1 atom stereocenters. The van der Waals surface area contributed by atoms with Crippen LogP contribution in [0.25, 0.3) is 0 Å². The van der Waals surface area contributed by atoms with Crippen LogP contribution in [0.15, 0.2) is 0 Å². The van der Waals surface area contributed by atoms with Crippen molar-refractivity contribution >= 4 is 0 Å². The Hall–Kier alpha value is -0.900. The minimum atomic E-state index is 0.608. The van der Waals surface area contributed by atoms with Crippen molar-refractivity contribution in [2.75, 3.05) is 6.54 Å². The molecule has 0 amide bonds. The highest BCUT2D eigenvalue weighted by Gasteiger charge is 2.25. The maximum absolute atomic E-state index is 4.71. The first kappa shape index (κ1) is 10.3. The highest BCUT2D eigenvalue weighted by Crippen LogP contribution is 2.34. The number of aromatic nitrogens is 3. The van der Waals surface area contributed by atoms with Crippen LogP contribution in [0.2, 0.25) is 0 Å². The zero-order valence-electron chi connectivity index (χ0n) is 9.95. The van der Waals surface area contributed by atoms with Crippen LogP contribution in [0.3, 0.4) is 0 Å². The summed E-state index contributed by atoms with van der Waals surface area (Å²) < 4.78 is 1.99. The van der Waals surface area contributed by atoms with Gasteiger partial charge in [-0.15, -0.1) is 0 Å². The van der Waals surface area contributed by atoms with Gasteiger partial charge in [-0.25, -0.2) is 4.98 Å². The highest BCUT2D eigenvalue weighted by atomic mass is 15.3. The van der Waals surface area contributed by atoms with E-state index in [9.17, 15) is 0 Å². The molecule has 1 N–H and O–H groups in total. The summed E-state index contributed by atoms with van der Waals surface area (Å²) in [6.45, 7) is 1.16. The molecule has 1 aliphatic carbocycles. The van der Waals surface area contributed by atoms with E-state index in [-0.39, 0.29) is 0 Å². The molecule has 0 bridgehead atoms. The van der Waals surface area contributed by atoms with Crippen molar-refractivity contribution in [3.8, 4) is 0 Å². The maximum atomic E-state index is 4.71. The Kier molecular flexibility index (Phi) is 2.67. The molecule has 2 heterocycles. The quantitative estimate of drug-likeness (QED) is 0.836. The zero-order valence-corrected chi connectivity index (χ0v) is 9.95. The van der Waals surface area contributed by atoms with Crippen molar-refractivity contribution in [3.05, 3.63) is 11.6 Å². The predicted molar refractivity (Wildman–Crippen MR) is 62.3 cm³/mol. The van der Waals surface area contributed by atoms with Crippen molar-refractivity contribution in [2.45, 2.75) is 50.5 Å². The number of rotatable bonds is 3. The molecule has 3 rings (SSSR count). The van der Waals surface area contributed by atoms with Crippen LogP contribution in [0.5, 0.6) is 0 Å². The average molecular weight is 220 g/mol. The van der Waals surface area contributed by atoms with Gasteiger partial charge in [-0.2, -0.15) is 5.10 Å². The molecule has 16 heavy (non-hydrogen) atoms. The summed E-state index contributed by atoms with van der Waals surface area (Å²) in [5.41, 5.74) is 0. The number of hydrogen-bond acceptors (Lipinski definition) is 3. The van der Waals surface area contributed by atoms with Crippen molar-refractivity contribution in [3.63, 3.8) is 0 Å². The lowest BCUT2D eigenvalue weighted by Crippen LogP contribution is -2.24. The van der Waals surface area contributed by atoms with Gasteiger partial charge in [-0.1, -0.05) is 6.42 Å². The summed E-state index contributed by atoms with van der Waals surface area (Å²) in [6, 6.07) is 0.608. The van der Waals surface area contributed by atoms with Gasteiger partial charge in [0.15, 0.2) is 5.82 Å². The molecule has 4 nitrogen and oxygen atoms in total. The second kappa shape index (κ2) is 4.17. The Balaban J connectivity index is 1.70. The summed E-state index contributed by atoms with van der Waals surface area (Å²) in [7, 11) is 2.03. The predicted octanol–water partition coefficient (Wildman–Crippen LogP) is 1.38. The monoisotopic (exact) mass is 220 g/mol. The van der Waals surface area contributed by atoms with Crippen LogP contribution in [0, 0.1) is 0 Å². The van der Waals surface area contributed by atoms with Gasteiger partial charge in [0.1, 0.15) is 5.82 Å². The van der Waals surface area contributed by atoms with Gasteiger partial charge < -0.3 is 5.32 Å². The molecule has 0 aromatic carbocycles. The smallest absolute Gasteiger partial charge is 0.152 e. The Bertz CT molecular complexity index is 361. The number of nitrogens with zero attached hydrogens (tertiary/aromatic N) is 3. The summed E-state index contributed by atoms with van der Waals surface area (Å²) in [5.74, 6) is 2.92. The van der Waals surface area contributed by atoms with E-state index in [0.717, 1.165) is 18.8 Å². The van der Waals surface area contributed by atoms with Gasteiger partial charge >= 0.3 is 0 Å². The first-order valence-corrected chi connectivity index (χ1v) is 6.46. The van der Waals surface area contributed by atoms with Crippen molar-refractivity contribution in [1.29, 1.82) is 0 Å². The van der Waals surface area contributed by atoms with Gasteiger partial charge in [0.25, 0.3) is 0 Å². The number of aryl methyl sites for hydroxylation is 1. The molecule has 1 saturated carbocycles. The third kappa shape index (κ3) is 1.86. The highest BCUT2D eigenvalue weighted by molar-refractivity contribution is 5.04. The number of nitrogens with one attached hydrogen (secondary N) is 1. The summed E-state index contributed by atoms with van der Waals surface area (Å²) in [5, 5.41) is 8.04. The standard InChI is InChI=1S/C12H20N4/c1-16-12(9-4-2-5-9)14-11(15-16)8-10-6-3-7-13-10/h9-10,13H,2-8H2,1H3. The molecule has 88 valence electrons. The van der Waals surface area contributed by atoms with Crippen molar-refractivity contribution in [1.82, 2.24) is 20.1 Å². The van der Waals surface area contributed by atoms with Gasteiger partial charge in [-0.05, 0) is 32.2 Å². The van der Waals surface area contributed by atoms with Crippen LogP contribution >= 0.6 is 0 Å². The summed E-state index contributed by atoms with van der Waals surface area (Å²) >= 11 is 0. The largest absolute Gasteiger partial charge is 0.314 e. The topological polar surface area (TPSA) is 42.7 Å². The zero-order chi connectivity index (χ0) is 11.0. The molecule has 1 saturated heterocycles. The van der Waals surface area contributed by atoms with Gasteiger partial charge in [0.2, 0.25) is 0 Å². The van der Waals surface area contributed by atoms with Crippen LogP contribution < -0.4 is 5.32 Å². The Morgan fingerprint density at radius 1 is 1.31 bits per heavy atom. The normalized spacial score (nSPS) is 25.9. The van der Waals surface area contributed by atoms with Crippen molar-refractivity contribution < 1.29 is 0 Å². The molecule has 4 heteroatoms. The summed E-state index contributed by atoms with van der Waals surface area (Å²) in [4.78, 5) is 4.71. The molecule has 0 radical (unpaired) electrons. The van der Waals surface area contributed by atoms with Gasteiger partial charge in [-0.3, -0.25) is 4.68 Å². The molecule has 0 spiro atoms. The minimum absolute atomic E-state index is 0.608. The van der Waals surface area contributed by atoms with E-state index in [4.69, 9.17) is 4.98 Å². The average Bonchev–Trinajstić information content (AvgIpc) is 2.76. The summed E-state index contributed by atoms with van der Waals surface area (Å²) in [6.07, 6.45) is 7.53. The van der Waals surface area contributed by atoms with E-state index in [1.165, 1.54) is 37.9 Å². The number of hydrogen-bond donors (Lipinski definition) is 1. The molecule has 2 fully saturated rings. The van der Waals surface area contributed by atoms with Crippen LogP contribution in [-0.2, 0) is 13.5 Å². The van der Waals surface area contributed by atoms with E-state index >= 15 is 0 Å². The molecular weight excluding hydrogens is 200 g/mol. The third-order valence-electron chi connectivity index (χ3n) is 3.90. The molecule has 2 aliphatic rings. The first-order valence-electron chi connectivity index (χ1n) is 6.46. The second-order valence-electron chi connectivity index (χ2n) is 5.14. The molecule has 1 aromatic rings. The second-order valence-corrected chi connectivity index (χ2v) is 5.14. The van der Waals surface area contributed by atoms with E-state index < -0.39 is 0 Å². The van der Waals surface area contributed by atoms with E-state index in [1.807, 2.05) is 11.7 Å². The fourth-order valence-electron chi connectivity index (χ4n) is 2.71. The van der Waals surface area contributed by atoms with E-state index in [2.05, 4.69) is 10.4 Å². The fourth-order valence-corrected chi connectivity index (χ4v) is 2.71. The Morgan fingerprint density at radius 3 is 2.81 bits per heavy atom. The maximum Gasteiger partial charge on any atom is 0.152 e. The third-order valence-corrected chi connectivity index (χ3v) is 3.90. The van der Waals surface area contributed by atoms with Gasteiger partial charge in [0.05, 0.1) is 0 Å². The molecule has 1 aromatic heterocycles. The minimum Gasteiger partial charge on any atom is -0.314 e. The van der Waals surface area contributed by atoms with E-state index in [0.29, 0.717) is 12.0 Å². The van der Waals surface area contributed by atoms with Gasteiger partial charge in [0, 0.05) is 25.4 Å². The van der Waals surface area contributed by atoms with Crippen LogP contribution in [0.4, 0.5) is 0 Å². The first-order chi connectivity index (χ1) is 7.83. The molecule has 1 aliphatic heterocycles. The van der Waals surface area contributed by atoms with Crippen molar-refractivity contribution in [2.24, 2.45) is 7.05 Å². The Morgan fingerprint density at radius 2 is 2.19 bits per heavy atom. The molecular formula is C12H20N4. The Labute approximate surface area is 96.4 Å². The fraction of sp³-hybridized carbons (Fsp3) is 0.833.